The zero-order valence-corrected chi connectivity index (χ0v) is 15.0. The summed E-state index contributed by atoms with van der Waals surface area (Å²) in [5.74, 6) is 1.09. The zero-order chi connectivity index (χ0) is 18.4. The Morgan fingerprint density at radius 3 is 2.46 bits per heavy atom. The monoisotopic (exact) mass is 346 g/mol. The molecule has 3 rings (SSSR count). The van der Waals surface area contributed by atoms with Crippen molar-refractivity contribution in [2.24, 2.45) is 0 Å². The van der Waals surface area contributed by atoms with Crippen molar-refractivity contribution in [2.75, 3.05) is 5.32 Å². The van der Waals surface area contributed by atoms with Crippen molar-refractivity contribution in [3.63, 3.8) is 0 Å². The lowest BCUT2D eigenvalue weighted by atomic mass is 9.98. The molecule has 0 saturated heterocycles. The van der Waals surface area contributed by atoms with Crippen LogP contribution in [0.2, 0.25) is 0 Å². The number of nitrogens with zero attached hydrogens (tertiary/aromatic N) is 1. The second-order valence-corrected chi connectivity index (χ2v) is 6.12. The van der Waals surface area contributed by atoms with Gasteiger partial charge in [-0.3, -0.25) is 9.78 Å². The van der Waals surface area contributed by atoms with Gasteiger partial charge in [0.1, 0.15) is 11.5 Å². The van der Waals surface area contributed by atoms with E-state index in [2.05, 4.69) is 29.4 Å². The Morgan fingerprint density at radius 1 is 1.04 bits per heavy atom. The predicted octanol–water partition coefficient (Wildman–Crippen LogP) is 5.18. The number of anilines is 1. The summed E-state index contributed by atoms with van der Waals surface area (Å²) in [6, 6.07) is 19.1. The van der Waals surface area contributed by atoms with Gasteiger partial charge in [0.05, 0.1) is 5.92 Å². The van der Waals surface area contributed by atoms with E-state index < -0.39 is 0 Å². The highest BCUT2D eigenvalue weighted by Gasteiger charge is 2.15. The molecule has 1 atom stereocenters. The van der Waals surface area contributed by atoms with E-state index in [1.807, 2.05) is 43.3 Å². The highest BCUT2D eigenvalue weighted by atomic mass is 16.5. The smallest absolute Gasteiger partial charge is 0.231 e. The van der Waals surface area contributed by atoms with Crippen LogP contribution in [0.1, 0.15) is 30.9 Å². The van der Waals surface area contributed by atoms with E-state index in [1.165, 1.54) is 5.56 Å². The van der Waals surface area contributed by atoms with Gasteiger partial charge < -0.3 is 10.1 Å². The Kier molecular flexibility index (Phi) is 5.64. The third-order valence-corrected chi connectivity index (χ3v) is 4.27. The maximum Gasteiger partial charge on any atom is 0.231 e. The molecule has 0 radical (unpaired) electrons. The molecular weight excluding hydrogens is 324 g/mol. The van der Waals surface area contributed by atoms with Crippen LogP contribution in [0, 0.1) is 0 Å². The van der Waals surface area contributed by atoms with E-state index in [0.717, 1.165) is 12.0 Å². The van der Waals surface area contributed by atoms with Gasteiger partial charge in [-0.2, -0.15) is 0 Å². The third kappa shape index (κ3) is 4.48. The second kappa shape index (κ2) is 8.30. The molecule has 1 aromatic heterocycles. The molecule has 1 unspecified atom stereocenters. The van der Waals surface area contributed by atoms with E-state index in [9.17, 15) is 4.79 Å². The van der Waals surface area contributed by atoms with Crippen LogP contribution in [0.25, 0.3) is 0 Å². The maximum atomic E-state index is 12.6. The molecule has 132 valence electrons. The van der Waals surface area contributed by atoms with Crippen LogP contribution >= 0.6 is 0 Å². The molecule has 0 aliphatic rings. The molecule has 1 amide bonds. The van der Waals surface area contributed by atoms with Gasteiger partial charge in [-0.1, -0.05) is 37.3 Å². The van der Waals surface area contributed by atoms with Crippen LogP contribution in [0.5, 0.6) is 11.5 Å². The minimum atomic E-state index is -0.231. The first-order valence-electron chi connectivity index (χ1n) is 8.73. The SMILES string of the molecule is CCc1ccc(C(C)C(=O)Nc2cccc(Oc3ccncc3)c2)cc1. The number of nitrogens with one attached hydrogen (secondary N) is 1. The summed E-state index contributed by atoms with van der Waals surface area (Å²) in [6.45, 7) is 4.03. The normalized spacial score (nSPS) is 11.6. The highest BCUT2D eigenvalue weighted by molar-refractivity contribution is 5.95. The van der Waals surface area contributed by atoms with Gasteiger partial charge in [0.15, 0.2) is 0 Å². The molecule has 0 fully saturated rings. The minimum absolute atomic E-state index is 0.0460. The standard InChI is InChI=1S/C22H22N2O2/c1-3-17-7-9-18(10-8-17)16(2)22(25)24-19-5-4-6-21(15-19)26-20-11-13-23-14-12-20/h4-16H,3H2,1-2H3,(H,24,25). The molecule has 1 heterocycles. The first-order chi connectivity index (χ1) is 12.7. The lowest BCUT2D eigenvalue weighted by molar-refractivity contribution is -0.117. The fraction of sp³-hybridized carbons (Fsp3) is 0.182. The van der Waals surface area contributed by atoms with Crippen molar-refractivity contribution in [3.8, 4) is 11.5 Å². The fourth-order valence-electron chi connectivity index (χ4n) is 2.62. The Balaban J connectivity index is 1.67. The first kappa shape index (κ1) is 17.7. The van der Waals surface area contributed by atoms with Crippen molar-refractivity contribution in [1.29, 1.82) is 0 Å². The Hall–Kier alpha value is -3.14. The molecule has 3 aromatic rings. The number of aromatic nitrogens is 1. The predicted molar refractivity (Wildman–Crippen MR) is 104 cm³/mol. The van der Waals surface area contributed by atoms with Crippen LogP contribution in [0.15, 0.2) is 73.1 Å². The number of pyridine rings is 1. The molecular formula is C22H22N2O2. The summed E-state index contributed by atoms with van der Waals surface area (Å²) in [4.78, 5) is 16.5. The van der Waals surface area contributed by atoms with Gasteiger partial charge in [0, 0.05) is 24.1 Å². The lowest BCUT2D eigenvalue weighted by Crippen LogP contribution is -2.18. The number of rotatable bonds is 6. The van der Waals surface area contributed by atoms with Crippen molar-refractivity contribution in [2.45, 2.75) is 26.2 Å². The number of carbonyl (C=O) groups is 1. The summed E-state index contributed by atoms with van der Waals surface area (Å²) < 4.78 is 5.78. The summed E-state index contributed by atoms with van der Waals surface area (Å²) in [5, 5.41) is 2.96. The molecule has 1 N–H and O–H groups in total. The van der Waals surface area contributed by atoms with Crippen LogP contribution in [0.4, 0.5) is 5.69 Å². The largest absolute Gasteiger partial charge is 0.457 e. The summed E-state index contributed by atoms with van der Waals surface area (Å²) in [6.07, 6.45) is 4.34. The molecule has 0 bridgehead atoms. The number of hydrogen-bond donors (Lipinski definition) is 1. The fourth-order valence-corrected chi connectivity index (χ4v) is 2.62. The van der Waals surface area contributed by atoms with E-state index in [0.29, 0.717) is 17.2 Å². The van der Waals surface area contributed by atoms with Crippen LogP contribution in [-0.4, -0.2) is 10.9 Å². The van der Waals surface area contributed by atoms with Gasteiger partial charge >= 0.3 is 0 Å². The van der Waals surface area contributed by atoms with Gasteiger partial charge in [0.25, 0.3) is 0 Å². The summed E-state index contributed by atoms with van der Waals surface area (Å²) >= 11 is 0. The van der Waals surface area contributed by atoms with E-state index >= 15 is 0 Å². The first-order valence-corrected chi connectivity index (χ1v) is 8.73. The Labute approximate surface area is 153 Å². The maximum absolute atomic E-state index is 12.6. The van der Waals surface area contributed by atoms with Gasteiger partial charge in [-0.25, -0.2) is 0 Å². The van der Waals surface area contributed by atoms with E-state index in [1.54, 1.807) is 24.5 Å². The van der Waals surface area contributed by atoms with Gasteiger partial charge in [-0.05, 0) is 48.7 Å². The number of benzene rings is 2. The molecule has 4 nitrogen and oxygen atoms in total. The molecule has 0 spiro atoms. The molecule has 26 heavy (non-hydrogen) atoms. The topological polar surface area (TPSA) is 51.2 Å². The highest BCUT2D eigenvalue weighted by Crippen LogP contribution is 2.25. The Bertz CT molecular complexity index is 861. The van der Waals surface area contributed by atoms with Crippen LogP contribution < -0.4 is 10.1 Å². The average molecular weight is 346 g/mol. The minimum Gasteiger partial charge on any atom is -0.457 e. The van der Waals surface area contributed by atoms with E-state index in [4.69, 9.17) is 4.74 Å². The molecule has 0 aliphatic heterocycles. The zero-order valence-electron chi connectivity index (χ0n) is 15.0. The summed E-state index contributed by atoms with van der Waals surface area (Å²) in [5.41, 5.74) is 2.98. The quantitative estimate of drug-likeness (QED) is 0.669. The van der Waals surface area contributed by atoms with Gasteiger partial charge in [-0.15, -0.1) is 0 Å². The van der Waals surface area contributed by atoms with Crippen molar-refractivity contribution >= 4 is 11.6 Å². The molecule has 0 saturated carbocycles. The molecule has 0 aliphatic carbocycles. The van der Waals surface area contributed by atoms with Gasteiger partial charge in [0.2, 0.25) is 5.91 Å². The number of aryl methyl sites for hydroxylation is 1. The van der Waals surface area contributed by atoms with E-state index in [-0.39, 0.29) is 11.8 Å². The summed E-state index contributed by atoms with van der Waals surface area (Å²) in [7, 11) is 0. The van der Waals surface area contributed by atoms with Crippen LogP contribution in [-0.2, 0) is 11.2 Å². The molecule has 2 aromatic carbocycles. The third-order valence-electron chi connectivity index (χ3n) is 4.27. The van der Waals surface area contributed by atoms with Crippen LogP contribution in [0.3, 0.4) is 0 Å². The number of hydrogen-bond acceptors (Lipinski definition) is 3. The van der Waals surface area contributed by atoms with Crippen molar-refractivity contribution < 1.29 is 9.53 Å². The molecule has 4 heteroatoms. The lowest BCUT2D eigenvalue weighted by Gasteiger charge is -2.14. The number of ether oxygens (including phenoxy) is 1. The number of amides is 1. The Morgan fingerprint density at radius 2 is 1.77 bits per heavy atom. The average Bonchev–Trinajstić information content (AvgIpc) is 2.68. The van der Waals surface area contributed by atoms with Crippen molar-refractivity contribution in [1.82, 2.24) is 4.98 Å². The van der Waals surface area contributed by atoms with Crippen molar-refractivity contribution in [3.05, 3.63) is 84.2 Å². The number of carbonyl (C=O) groups excluding carboxylic acids is 1. The second-order valence-electron chi connectivity index (χ2n) is 6.12.